The van der Waals surface area contributed by atoms with Crippen LogP contribution in [0.25, 0.3) is 0 Å². The summed E-state index contributed by atoms with van der Waals surface area (Å²) >= 11 is 0. The molecule has 0 bridgehead atoms. The Morgan fingerprint density at radius 2 is 1.74 bits per heavy atom. The van der Waals surface area contributed by atoms with E-state index in [1.165, 1.54) is 44.1 Å². The van der Waals surface area contributed by atoms with Gasteiger partial charge in [0.1, 0.15) is 5.75 Å². The molecule has 19 heavy (non-hydrogen) atoms. The van der Waals surface area contributed by atoms with Crippen LogP contribution in [-0.4, -0.2) is 17.7 Å². The fraction of sp³-hybridized carbons (Fsp3) is 0.647. The molecule has 0 saturated carbocycles. The van der Waals surface area contributed by atoms with Gasteiger partial charge in [-0.3, -0.25) is 0 Å². The maximum atomic E-state index is 9.21. The third kappa shape index (κ3) is 7.89. The fourth-order valence-electron chi connectivity index (χ4n) is 2.28. The smallest absolute Gasteiger partial charge is 0.115 e. The van der Waals surface area contributed by atoms with Crippen molar-refractivity contribution >= 4 is 0 Å². The number of benzene rings is 1. The summed E-state index contributed by atoms with van der Waals surface area (Å²) in [5.74, 6) is 0.345. The molecule has 0 heterocycles. The first-order chi connectivity index (χ1) is 9.22. The third-order valence-corrected chi connectivity index (χ3v) is 3.58. The topological polar surface area (TPSA) is 32.3 Å². The van der Waals surface area contributed by atoms with E-state index < -0.39 is 0 Å². The second-order valence-electron chi connectivity index (χ2n) is 5.47. The van der Waals surface area contributed by atoms with Gasteiger partial charge in [-0.05, 0) is 44.0 Å². The zero-order valence-corrected chi connectivity index (χ0v) is 12.5. The van der Waals surface area contributed by atoms with E-state index >= 15 is 0 Å². The summed E-state index contributed by atoms with van der Waals surface area (Å²) in [6.45, 7) is 5.55. The molecular formula is C17H29NO. The van der Waals surface area contributed by atoms with Crippen LogP contribution < -0.4 is 5.32 Å². The molecule has 0 aliphatic heterocycles. The predicted molar refractivity (Wildman–Crippen MR) is 82.7 cm³/mol. The molecule has 0 aliphatic carbocycles. The minimum absolute atomic E-state index is 0.345. The van der Waals surface area contributed by atoms with Gasteiger partial charge in [0, 0.05) is 6.04 Å². The molecule has 1 aromatic carbocycles. The molecule has 2 heteroatoms. The van der Waals surface area contributed by atoms with Crippen LogP contribution in [0.15, 0.2) is 24.3 Å². The molecule has 0 saturated heterocycles. The summed E-state index contributed by atoms with van der Waals surface area (Å²) < 4.78 is 0. The van der Waals surface area contributed by atoms with Crippen LogP contribution in [0.3, 0.4) is 0 Å². The molecule has 1 aromatic rings. The number of hydrogen-bond acceptors (Lipinski definition) is 2. The van der Waals surface area contributed by atoms with Crippen molar-refractivity contribution in [2.45, 2.75) is 64.8 Å². The Kier molecular flexibility index (Phi) is 8.31. The van der Waals surface area contributed by atoms with Gasteiger partial charge in [-0.25, -0.2) is 0 Å². The average Bonchev–Trinajstić information content (AvgIpc) is 2.41. The third-order valence-electron chi connectivity index (χ3n) is 3.58. The van der Waals surface area contributed by atoms with Gasteiger partial charge in [0.25, 0.3) is 0 Å². The minimum Gasteiger partial charge on any atom is -0.508 e. The first-order valence-electron chi connectivity index (χ1n) is 7.73. The molecule has 0 aromatic heterocycles. The van der Waals surface area contributed by atoms with Gasteiger partial charge in [-0.2, -0.15) is 0 Å². The maximum Gasteiger partial charge on any atom is 0.115 e. The monoisotopic (exact) mass is 263 g/mol. The maximum absolute atomic E-state index is 9.21. The molecule has 108 valence electrons. The molecule has 1 atom stereocenters. The average molecular weight is 263 g/mol. The Labute approximate surface area is 118 Å². The Morgan fingerprint density at radius 3 is 2.42 bits per heavy atom. The molecule has 2 nitrogen and oxygen atoms in total. The number of hydrogen-bond donors (Lipinski definition) is 2. The molecule has 1 rings (SSSR count). The SMILES string of the molecule is CCCCCCCC(C)NCCc1ccc(O)cc1. The van der Waals surface area contributed by atoms with Gasteiger partial charge in [-0.15, -0.1) is 0 Å². The van der Waals surface area contributed by atoms with Crippen molar-refractivity contribution in [2.75, 3.05) is 6.54 Å². The van der Waals surface area contributed by atoms with Crippen LogP contribution in [0, 0.1) is 0 Å². The molecule has 0 aliphatic rings. The van der Waals surface area contributed by atoms with E-state index in [1.54, 1.807) is 12.1 Å². The highest BCUT2D eigenvalue weighted by atomic mass is 16.3. The zero-order chi connectivity index (χ0) is 13.9. The van der Waals surface area contributed by atoms with Gasteiger partial charge in [0.05, 0.1) is 0 Å². The van der Waals surface area contributed by atoms with Crippen LogP contribution in [0.1, 0.15) is 57.9 Å². The van der Waals surface area contributed by atoms with Gasteiger partial charge < -0.3 is 10.4 Å². The summed E-state index contributed by atoms with van der Waals surface area (Å²) in [5.41, 5.74) is 1.28. The number of phenols is 1. The number of aromatic hydroxyl groups is 1. The molecule has 0 spiro atoms. The van der Waals surface area contributed by atoms with Crippen molar-refractivity contribution in [1.29, 1.82) is 0 Å². The van der Waals surface area contributed by atoms with E-state index in [2.05, 4.69) is 19.2 Å². The first kappa shape index (κ1) is 16.0. The molecule has 1 unspecified atom stereocenters. The first-order valence-corrected chi connectivity index (χ1v) is 7.73. The summed E-state index contributed by atoms with van der Waals surface area (Å²) in [4.78, 5) is 0. The second-order valence-corrected chi connectivity index (χ2v) is 5.47. The lowest BCUT2D eigenvalue weighted by molar-refractivity contribution is 0.474. The Morgan fingerprint density at radius 1 is 1.05 bits per heavy atom. The van der Waals surface area contributed by atoms with Crippen LogP contribution in [0.2, 0.25) is 0 Å². The van der Waals surface area contributed by atoms with Crippen LogP contribution >= 0.6 is 0 Å². The lowest BCUT2D eigenvalue weighted by Crippen LogP contribution is -2.27. The van der Waals surface area contributed by atoms with Crippen LogP contribution in [0.5, 0.6) is 5.75 Å². The van der Waals surface area contributed by atoms with Gasteiger partial charge in [0.15, 0.2) is 0 Å². The Bertz CT molecular complexity index is 321. The van der Waals surface area contributed by atoms with E-state index in [9.17, 15) is 5.11 Å². The van der Waals surface area contributed by atoms with Gasteiger partial charge in [-0.1, -0.05) is 51.2 Å². The number of unbranched alkanes of at least 4 members (excludes halogenated alkanes) is 4. The van der Waals surface area contributed by atoms with E-state index in [0.29, 0.717) is 11.8 Å². The Hall–Kier alpha value is -1.02. The fourth-order valence-corrected chi connectivity index (χ4v) is 2.28. The lowest BCUT2D eigenvalue weighted by Gasteiger charge is -2.13. The van der Waals surface area contributed by atoms with E-state index in [4.69, 9.17) is 0 Å². The van der Waals surface area contributed by atoms with Crippen LogP contribution in [-0.2, 0) is 6.42 Å². The summed E-state index contributed by atoms with van der Waals surface area (Å²) in [6.07, 6.45) is 9.10. The summed E-state index contributed by atoms with van der Waals surface area (Å²) in [7, 11) is 0. The molecule has 0 radical (unpaired) electrons. The van der Waals surface area contributed by atoms with Crippen molar-refractivity contribution in [2.24, 2.45) is 0 Å². The van der Waals surface area contributed by atoms with E-state index in [0.717, 1.165) is 13.0 Å². The number of phenolic OH excluding ortho intramolecular Hbond substituents is 1. The van der Waals surface area contributed by atoms with E-state index in [-0.39, 0.29) is 0 Å². The Balaban J connectivity index is 2.03. The highest BCUT2D eigenvalue weighted by molar-refractivity contribution is 5.25. The predicted octanol–water partition coefficient (Wildman–Crippen LogP) is 4.27. The van der Waals surface area contributed by atoms with E-state index in [1.807, 2.05) is 12.1 Å². The molecule has 0 fully saturated rings. The standard InChI is InChI=1S/C17H29NO/c1-3-4-5-6-7-8-15(2)18-14-13-16-9-11-17(19)12-10-16/h9-12,15,18-19H,3-8,13-14H2,1-2H3. The van der Waals surface area contributed by atoms with Crippen molar-refractivity contribution in [3.05, 3.63) is 29.8 Å². The lowest BCUT2D eigenvalue weighted by atomic mass is 10.1. The summed E-state index contributed by atoms with van der Waals surface area (Å²) in [6, 6.07) is 8.11. The van der Waals surface area contributed by atoms with Gasteiger partial charge >= 0.3 is 0 Å². The largest absolute Gasteiger partial charge is 0.508 e. The van der Waals surface area contributed by atoms with Crippen LogP contribution in [0.4, 0.5) is 0 Å². The van der Waals surface area contributed by atoms with Crippen molar-refractivity contribution in [1.82, 2.24) is 5.32 Å². The molecular weight excluding hydrogens is 234 g/mol. The number of nitrogens with one attached hydrogen (secondary N) is 1. The molecule has 0 amide bonds. The quantitative estimate of drug-likeness (QED) is 0.618. The zero-order valence-electron chi connectivity index (χ0n) is 12.5. The second kappa shape index (κ2) is 9.85. The van der Waals surface area contributed by atoms with Gasteiger partial charge in [0.2, 0.25) is 0 Å². The highest BCUT2D eigenvalue weighted by Crippen LogP contribution is 2.10. The highest BCUT2D eigenvalue weighted by Gasteiger charge is 2.01. The summed E-state index contributed by atoms with van der Waals surface area (Å²) in [5, 5.41) is 12.8. The minimum atomic E-state index is 0.345. The number of rotatable bonds is 10. The normalized spacial score (nSPS) is 12.5. The molecule has 2 N–H and O–H groups in total. The van der Waals surface area contributed by atoms with Crippen molar-refractivity contribution in [3.63, 3.8) is 0 Å². The van der Waals surface area contributed by atoms with Crippen molar-refractivity contribution < 1.29 is 5.11 Å². The van der Waals surface area contributed by atoms with Crippen molar-refractivity contribution in [3.8, 4) is 5.75 Å².